The van der Waals surface area contributed by atoms with E-state index in [0.717, 1.165) is 13.0 Å². The molecule has 0 heterocycles. The first kappa shape index (κ1) is 17.3. The van der Waals surface area contributed by atoms with Crippen LogP contribution < -0.4 is 11.1 Å². The molecule has 0 aromatic rings. The molecule has 0 rings (SSSR count). The summed E-state index contributed by atoms with van der Waals surface area (Å²) in [7, 11) is 2.06. The predicted octanol–water partition coefficient (Wildman–Crippen LogP) is 1.39. The van der Waals surface area contributed by atoms with Crippen LogP contribution in [0.25, 0.3) is 0 Å². The topological polar surface area (TPSA) is 58.4 Å². The Morgan fingerprint density at radius 1 is 1.39 bits per heavy atom. The smallest absolute Gasteiger partial charge is 0.230 e. The summed E-state index contributed by atoms with van der Waals surface area (Å²) < 4.78 is 0. The fourth-order valence-electron chi connectivity index (χ4n) is 1.76. The first-order valence-corrected chi connectivity index (χ1v) is 6.99. The second-order valence-corrected chi connectivity index (χ2v) is 5.62. The zero-order chi connectivity index (χ0) is 14.3. The average Bonchev–Trinajstić information content (AvgIpc) is 2.26. The molecule has 0 aliphatic rings. The second kappa shape index (κ2) is 8.43. The van der Waals surface area contributed by atoms with Crippen molar-refractivity contribution in [3.05, 3.63) is 0 Å². The molecule has 0 spiro atoms. The first-order chi connectivity index (χ1) is 8.31. The zero-order valence-electron chi connectivity index (χ0n) is 12.2. The quantitative estimate of drug-likeness (QED) is 0.656. The molecule has 3 N–H and O–H groups in total. The van der Waals surface area contributed by atoms with Crippen LogP contribution in [-0.2, 0) is 4.79 Å². The van der Waals surface area contributed by atoms with Crippen LogP contribution in [-0.4, -0.2) is 42.0 Å². The summed E-state index contributed by atoms with van der Waals surface area (Å²) in [5, 5.41) is 2.91. The molecular weight excluding hydrogens is 246 g/mol. The molecule has 0 aromatic carbocycles. The molecule has 0 aliphatic carbocycles. The summed E-state index contributed by atoms with van der Waals surface area (Å²) in [5.41, 5.74) is 5.60. The minimum atomic E-state index is -0.367. The van der Waals surface area contributed by atoms with E-state index >= 15 is 0 Å². The number of thiocarbonyl (C=S) groups is 1. The molecule has 0 aromatic heterocycles. The minimum Gasteiger partial charge on any atom is -0.393 e. The van der Waals surface area contributed by atoms with Gasteiger partial charge in [0.15, 0.2) is 0 Å². The lowest BCUT2D eigenvalue weighted by atomic mass is 9.95. The van der Waals surface area contributed by atoms with Crippen LogP contribution in [0.3, 0.4) is 0 Å². The van der Waals surface area contributed by atoms with E-state index in [2.05, 4.69) is 31.1 Å². The molecule has 18 heavy (non-hydrogen) atoms. The normalized spacial score (nSPS) is 14.6. The Kier molecular flexibility index (Phi) is 8.11. The standard InChI is InChI=1S/C13H27N3OS/c1-6-10(4)16(5)8-7-15-13(17)11(9(2)3)12(14)18/h9-11H,6-8H2,1-5H3,(H2,14,18)(H,15,17). The fraction of sp³-hybridized carbons (Fsp3) is 0.846. The summed E-state index contributed by atoms with van der Waals surface area (Å²) in [6, 6.07) is 0.526. The van der Waals surface area contributed by atoms with Crippen molar-refractivity contribution in [3.8, 4) is 0 Å². The van der Waals surface area contributed by atoms with Crippen molar-refractivity contribution in [1.82, 2.24) is 10.2 Å². The maximum Gasteiger partial charge on any atom is 0.230 e. The number of carbonyl (C=O) groups is 1. The highest BCUT2D eigenvalue weighted by Gasteiger charge is 2.24. The predicted molar refractivity (Wildman–Crippen MR) is 80.5 cm³/mol. The van der Waals surface area contributed by atoms with Crippen LogP contribution in [0.1, 0.15) is 34.1 Å². The van der Waals surface area contributed by atoms with Crippen LogP contribution in [0.5, 0.6) is 0 Å². The maximum atomic E-state index is 11.9. The highest BCUT2D eigenvalue weighted by atomic mass is 32.1. The molecule has 2 atom stereocenters. The van der Waals surface area contributed by atoms with Crippen molar-refractivity contribution in [3.63, 3.8) is 0 Å². The fourth-order valence-corrected chi connectivity index (χ4v) is 2.14. The molecule has 0 saturated heterocycles. The Morgan fingerprint density at radius 2 is 1.94 bits per heavy atom. The van der Waals surface area contributed by atoms with Gasteiger partial charge in [0, 0.05) is 19.1 Å². The van der Waals surface area contributed by atoms with Gasteiger partial charge in [-0.1, -0.05) is 33.0 Å². The Bertz CT molecular complexity index is 281. The monoisotopic (exact) mass is 273 g/mol. The summed E-state index contributed by atoms with van der Waals surface area (Å²) in [4.78, 5) is 14.5. The van der Waals surface area contributed by atoms with Gasteiger partial charge in [0.05, 0.1) is 10.9 Å². The van der Waals surface area contributed by atoms with Crippen LogP contribution in [0.4, 0.5) is 0 Å². The van der Waals surface area contributed by atoms with E-state index in [1.165, 1.54) is 0 Å². The van der Waals surface area contributed by atoms with Crippen molar-refractivity contribution in [2.45, 2.75) is 40.2 Å². The van der Waals surface area contributed by atoms with Crippen molar-refractivity contribution < 1.29 is 4.79 Å². The average molecular weight is 273 g/mol. The summed E-state index contributed by atoms with van der Waals surface area (Å²) in [5.74, 6) is -0.293. The van der Waals surface area contributed by atoms with Crippen LogP contribution in [0.15, 0.2) is 0 Å². The molecular formula is C13H27N3OS. The molecule has 0 fully saturated rings. The van der Waals surface area contributed by atoms with E-state index in [-0.39, 0.29) is 22.7 Å². The number of nitrogens with one attached hydrogen (secondary N) is 1. The number of nitrogens with two attached hydrogens (primary N) is 1. The lowest BCUT2D eigenvalue weighted by Gasteiger charge is -2.24. The second-order valence-electron chi connectivity index (χ2n) is 5.15. The number of rotatable bonds is 8. The number of carbonyl (C=O) groups excluding carboxylic acids is 1. The Hall–Kier alpha value is -0.680. The van der Waals surface area contributed by atoms with E-state index in [1.54, 1.807) is 0 Å². The van der Waals surface area contributed by atoms with Crippen molar-refractivity contribution in [2.24, 2.45) is 17.6 Å². The van der Waals surface area contributed by atoms with E-state index in [0.29, 0.717) is 12.6 Å². The minimum absolute atomic E-state index is 0.0601. The van der Waals surface area contributed by atoms with E-state index in [4.69, 9.17) is 18.0 Å². The van der Waals surface area contributed by atoms with Gasteiger partial charge in [0.1, 0.15) is 0 Å². The number of hydrogen-bond donors (Lipinski definition) is 2. The van der Waals surface area contributed by atoms with E-state index in [1.807, 2.05) is 13.8 Å². The van der Waals surface area contributed by atoms with Gasteiger partial charge in [0.2, 0.25) is 5.91 Å². The Morgan fingerprint density at radius 3 is 2.33 bits per heavy atom. The molecule has 2 unspecified atom stereocenters. The highest BCUT2D eigenvalue weighted by Crippen LogP contribution is 2.11. The molecule has 0 bridgehead atoms. The third-order valence-electron chi connectivity index (χ3n) is 3.36. The Labute approximate surface area is 116 Å². The maximum absolute atomic E-state index is 11.9. The molecule has 5 heteroatoms. The van der Waals surface area contributed by atoms with Gasteiger partial charge in [-0.3, -0.25) is 4.79 Å². The first-order valence-electron chi connectivity index (χ1n) is 6.58. The molecule has 4 nitrogen and oxygen atoms in total. The number of amides is 1. The Balaban J connectivity index is 4.13. The van der Waals surface area contributed by atoms with Gasteiger partial charge in [-0.15, -0.1) is 0 Å². The third-order valence-corrected chi connectivity index (χ3v) is 3.62. The van der Waals surface area contributed by atoms with Crippen molar-refractivity contribution in [1.29, 1.82) is 0 Å². The molecule has 0 radical (unpaired) electrons. The largest absolute Gasteiger partial charge is 0.393 e. The highest BCUT2D eigenvalue weighted by molar-refractivity contribution is 7.80. The van der Waals surface area contributed by atoms with Gasteiger partial charge in [-0.05, 0) is 26.3 Å². The number of nitrogens with zero attached hydrogens (tertiary/aromatic N) is 1. The summed E-state index contributed by atoms with van der Waals surface area (Å²) in [6.07, 6.45) is 1.10. The van der Waals surface area contributed by atoms with E-state index in [9.17, 15) is 4.79 Å². The van der Waals surface area contributed by atoms with Gasteiger partial charge in [0.25, 0.3) is 0 Å². The lowest BCUT2D eigenvalue weighted by Crippen LogP contribution is -2.44. The van der Waals surface area contributed by atoms with Crippen LogP contribution in [0, 0.1) is 11.8 Å². The molecule has 1 amide bonds. The SMILES string of the molecule is CCC(C)N(C)CCNC(=O)C(C(N)=S)C(C)C. The van der Waals surface area contributed by atoms with Crippen molar-refractivity contribution >= 4 is 23.1 Å². The number of likely N-dealkylation sites (N-methyl/N-ethyl adjacent to an activating group) is 1. The lowest BCUT2D eigenvalue weighted by molar-refractivity contribution is -0.124. The molecule has 0 aliphatic heterocycles. The van der Waals surface area contributed by atoms with Crippen molar-refractivity contribution in [2.75, 3.05) is 20.1 Å². The molecule has 106 valence electrons. The summed E-state index contributed by atoms with van der Waals surface area (Å²) >= 11 is 4.94. The number of hydrogen-bond acceptors (Lipinski definition) is 3. The molecule has 0 saturated carbocycles. The van der Waals surface area contributed by atoms with Crippen LogP contribution >= 0.6 is 12.2 Å². The third kappa shape index (κ3) is 5.78. The van der Waals surface area contributed by atoms with Crippen LogP contribution in [0.2, 0.25) is 0 Å². The van der Waals surface area contributed by atoms with E-state index < -0.39 is 0 Å². The van der Waals surface area contributed by atoms with Gasteiger partial charge < -0.3 is 16.0 Å². The summed E-state index contributed by atoms with van der Waals surface area (Å²) in [6.45, 7) is 9.70. The zero-order valence-corrected chi connectivity index (χ0v) is 13.0. The van der Waals surface area contributed by atoms with Gasteiger partial charge >= 0.3 is 0 Å². The van der Waals surface area contributed by atoms with Gasteiger partial charge in [-0.2, -0.15) is 0 Å². The van der Waals surface area contributed by atoms with Gasteiger partial charge in [-0.25, -0.2) is 0 Å².